The van der Waals surface area contributed by atoms with E-state index in [1.807, 2.05) is 6.92 Å². The Morgan fingerprint density at radius 3 is 2.70 bits per heavy atom. The molecule has 0 saturated heterocycles. The minimum atomic E-state index is -4.54. The maximum absolute atomic E-state index is 13.0. The third-order valence-electron chi connectivity index (χ3n) is 3.58. The molecule has 0 aliphatic carbocycles. The van der Waals surface area contributed by atoms with E-state index in [0.29, 0.717) is 13.0 Å². The molecule has 0 aliphatic heterocycles. The molecule has 8 heteroatoms. The van der Waals surface area contributed by atoms with E-state index in [2.05, 4.69) is 9.97 Å². The van der Waals surface area contributed by atoms with Gasteiger partial charge in [-0.2, -0.15) is 13.2 Å². The minimum Gasteiger partial charge on any atom is -0.298 e. The Morgan fingerprint density at radius 1 is 1.26 bits per heavy atom. The van der Waals surface area contributed by atoms with Crippen molar-refractivity contribution in [1.82, 2.24) is 14.5 Å². The van der Waals surface area contributed by atoms with Gasteiger partial charge in [0.15, 0.2) is 0 Å². The highest BCUT2D eigenvalue weighted by atomic mass is 32.1. The van der Waals surface area contributed by atoms with Crippen molar-refractivity contribution >= 4 is 22.2 Å². The van der Waals surface area contributed by atoms with E-state index in [4.69, 9.17) is 0 Å². The zero-order chi connectivity index (χ0) is 16.6. The molecule has 0 spiro atoms. The number of alkyl halides is 3. The molecule has 0 atom stereocenters. The number of nitrogens with zero attached hydrogens (tertiary/aromatic N) is 3. The monoisotopic (exact) mass is 339 g/mol. The summed E-state index contributed by atoms with van der Waals surface area (Å²) in [6.07, 6.45) is -2.77. The molecular weight excluding hydrogens is 327 g/mol. The Labute approximate surface area is 133 Å². The molecule has 1 aromatic carbocycles. The van der Waals surface area contributed by atoms with Crippen molar-refractivity contribution in [3.8, 4) is 0 Å². The van der Waals surface area contributed by atoms with Crippen molar-refractivity contribution in [2.45, 2.75) is 26.1 Å². The Bertz CT molecular complexity index is 914. The summed E-state index contributed by atoms with van der Waals surface area (Å²) in [4.78, 5) is 21.4. The van der Waals surface area contributed by atoms with E-state index < -0.39 is 17.3 Å². The molecule has 0 N–H and O–H groups in total. The number of hydrogen-bond acceptors (Lipinski definition) is 4. The average Bonchev–Trinajstić information content (AvgIpc) is 2.90. The number of rotatable bonds is 3. The van der Waals surface area contributed by atoms with Gasteiger partial charge in [-0.25, -0.2) is 9.97 Å². The normalized spacial score (nSPS) is 12.0. The van der Waals surface area contributed by atoms with Gasteiger partial charge in [0.25, 0.3) is 5.56 Å². The van der Waals surface area contributed by atoms with Gasteiger partial charge in [0.1, 0.15) is 0 Å². The number of hydrogen-bond donors (Lipinski definition) is 0. The van der Waals surface area contributed by atoms with Gasteiger partial charge in [-0.05, 0) is 19.1 Å². The van der Waals surface area contributed by atoms with Crippen LogP contribution in [0.3, 0.4) is 0 Å². The molecule has 2 heterocycles. The highest BCUT2D eigenvalue weighted by Gasteiger charge is 2.33. The fourth-order valence-corrected chi connectivity index (χ4v) is 3.14. The number of halogens is 3. The second-order valence-corrected chi connectivity index (χ2v) is 5.99. The summed E-state index contributed by atoms with van der Waals surface area (Å²) < 4.78 is 40.3. The largest absolute Gasteiger partial charge is 0.418 e. The second-order valence-electron chi connectivity index (χ2n) is 5.05. The summed E-state index contributed by atoms with van der Waals surface area (Å²) in [5.41, 5.74) is 0.953. The molecule has 120 valence electrons. The van der Waals surface area contributed by atoms with Gasteiger partial charge >= 0.3 is 6.18 Å². The van der Waals surface area contributed by atoms with E-state index >= 15 is 0 Å². The zero-order valence-corrected chi connectivity index (χ0v) is 12.9. The summed E-state index contributed by atoms with van der Waals surface area (Å²) in [6, 6.07) is 3.53. The molecule has 0 amide bonds. The van der Waals surface area contributed by atoms with E-state index in [-0.39, 0.29) is 10.9 Å². The van der Waals surface area contributed by atoms with Crippen LogP contribution in [0.1, 0.15) is 16.1 Å². The Balaban J connectivity index is 2.00. The zero-order valence-electron chi connectivity index (χ0n) is 12.1. The molecule has 3 aromatic rings. The Hall–Kier alpha value is -2.22. The third kappa shape index (κ3) is 2.98. The summed E-state index contributed by atoms with van der Waals surface area (Å²) >= 11 is 1.49. The molecule has 0 saturated carbocycles. The van der Waals surface area contributed by atoms with Crippen LogP contribution in [0.5, 0.6) is 0 Å². The minimum absolute atomic E-state index is 0.0247. The summed E-state index contributed by atoms with van der Waals surface area (Å²) in [5, 5.41) is -0.0247. The number of aromatic nitrogens is 3. The number of aryl methyl sites for hydroxylation is 3. The Morgan fingerprint density at radius 2 is 2.04 bits per heavy atom. The van der Waals surface area contributed by atoms with Crippen molar-refractivity contribution in [2.75, 3.05) is 0 Å². The van der Waals surface area contributed by atoms with Crippen molar-refractivity contribution in [3.63, 3.8) is 0 Å². The molecule has 3 rings (SSSR count). The van der Waals surface area contributed by atoms with E-state index in [0.717, 1.165) is 16.6 Å². The van der Waals surface area contributed by atoms with Gasteiger partial charge in [0.2, 0.25) is 0 Å². The Kier molecular flexibility index (Phi) is 3.93. The summed E-state index contributed by atoms with van der Waals surface area (Å²) in [5.74, 6) is 0. The van der Waals surface area contributed by atoms with E-state index in [1.54, 1.807) is 5.51 Å². The molecule has 0 bridgehead atoms. The van der Waals surface area contributed by atoms with Crippen LogP contribution < -0.4 is 5.56 Å². The molecule has 0 unspecified atom stereocenters. The molecule has 0 aliphatic rings. The lowest BCUT2D eigenvalue weighted by Gasteiger charge is -2.11. The summed E-state index contributed by atoms with van der Waals surface area (Å²) in [6.45, 7) is 2.23. The standard InChI is InChI=1S/C15H12F3N3OS/c1-9-12(23-8-20-9)5-6-21-7-19-13-10(14(21)22)3-2-4-11(13)15(16,17)18/h2-4,7-8H,5-6H2,1H3. The van der Waals surface area contributed by atoms with Gasteiger partial charge in [0.05, 0.1) is 34.0 Å². The van der Waals surface area contributed by atoms with Crippen LogP contribution in [0.4, 0.5) is 13.2 Å². The first kappa shape index (κ1) is 15.7. The topological polar surface area (TPSA) is 47.8 Å². The maximum atomic E-state index is 13.0. The van der Waals surface area contributed by atoms with Crippen LogP contribution in [-0.4, -0.2) is 14.5 Å². The lowest BCUT2D eigenvalue weighted by molar-refractivity contribution is -0.136. The number of para-hydroxylation sites is 1. The van der Waals surface area contributed by atoms with E-state index in [9.17, 15) is 18.0 Å². The van der Waals surface area contributed by atoms with Gasteiger partial charge in [0, 0.05) is 17.8 Å². The third-order valence-corrected chi connectivity index (χ3v) is 4.58. The maximum Gasteiger partial charge on any atom is 0.418 e. The molecule has 0 radical (unpaired) electrons. The number of fused-ring (bicyclic) bond motifs is 1. The van der Waals surface area contributed by atoms with E-state index in [1.165, 1.54) is 34.4 Å². The molecule has 2 aromatic heterocycles. The van der Waals surface area contributed by atoms with Crippen LogP contribution in [0, 0.1) is 6.92 Å². The smallest absolute Gasteiger partial charge is 0.298 e. The van der Waals surface area contributed by atoms with Crippen LogP contribution >= 0.6 is 11.3 Å². The number of benzene rings is 1. The van der Waals surface area contributed by atoms with Crippen LogP contribution in [0.2, 0.25) is 0 Å². The molecule has 4 nitrogen and oxygen atoms in total. The highest BCUT2D eigenvalue weighted by Crippen LogP contribution is 2.32. The average molecular weight is 339 g/mol. The fraction of sp³-hybridized carbons (Fsp3) is 0.267. The first-order valence-corrected chi connectivity index (χ1v) is 7.70. The molecule has 0 fully saturated rings. The van der Waals surface area contributed by atoms with Gasteiger partial charge in [-0.3, -0.25) is 9.36 Å². The quantitative estimate of drug-likeness (QED) is 0.735. The molecule has 23 heavy (non-hydrogen) atoms. The van der Waals surface area contributed by atoms with Crippen LogP contribution in [0.15, 0.2) is 34.8 Å². The van der Waals surface area contributed by atoms with Crippen molar-refractivity contribution in [2.24, 2.45) is 0 Å². The van der Waals surface area contributed by atoms with Gasteiger partial charge in [-0.1, -0.05) is 6.07 Å². The first-order valence-electron chi connectivity index (χ1n) is 6.82. The second kappa shape index (κ2) is 5.77. The summed E-state index contributed by atoms with van der Waals surface area (Å²) in [7, 11) is 0. The van der Waals surface area contributed by atoms with Crippen molar-refractivity contribution in [3.05, 3.63) is 56.5 Å². The van der Waals surface area contributed by atoms with Crippen molar-refractivity contribution < 1.29 is 13.2 Å². The predicted octanol–water partition coefficient (Wildman–Crippen LogP) is 3.42. The van der Waals surface area contributed by atoms with Crippen LogP contribution in [0.25, 0.3) is 10.9 Å². The molecular formula is C15H12F3N3OS. The van der Waals surface area contributed by atoms with Gasteiger partial charge in [-0.15, -0.1) is 11.3 Å². The predicted molar refractivity (Wildman–Crippen MR) is 81.6 cm³/mol. The van der Waals surface area contributed by atoms with Crippen molar-refractivity contribution in [1.29, 1.82) is 0 Å². The highest BCUT2D eigenvalue weighted by molar-refractivity contribution is 7.09. The number of thiazole rings is 1. The lowest BCUT2D eigenvalue weighted by Crippen LogP contribution is -2.22. The first-order chi connectivity index (χ1) is 10.9. The van der Waals surface area contributed by atoms with Gasteiger partial charge < -0.3 is 0 Å². The SMILES string of the molecule is Cc1ncsc1CCn1cnc2c(C(F)(F)F)cccc2c1=O. The fourth-order valence-electron chi connectivity index (χ4n) is 2.37. The lowest BCUT2D eigenvalue weighted by atomic mass is 10.1. The van der Waals surface area contributed by atoms with Crippen LogP contribution in [-0.2, 0) is 19.1 Å².